The number of aliphatic carboxylic acids is 1. The Kier molecular flexibility index (Phi) is 3.71. The van der Waals surface area contributed by atoms with Crippen LogP contribution in [0.15, 0.2) is 29.0 Å². The van der Waals surface area contributed by atoms with Gasteiger partial charge in [-0.05, 0) is 5.57 Å². The van der Waals surface area contributed by atoms with Gasteiger partial charge in [0.2, 0.25) is 0 Å². The lowest BCUT2D eigenvalue weighted by molar-refractivity contribution is -0.136. The number of alkyl halides is 1. The molecular formula is C9H10ClNO3. The number of carboxylic acid groups (broad SMARTS) is 1. The van der Waals surface area contributed by atoms with Crippen molar-refractivity contribution in [1.82, 2.24) is 0 Å². The van der Waals surface area contributed by atoms with Crippen LogP contribution in [-0.4, -0.2) is 27.4 Å². The second kappa shape index (κ2) is 4.81. The summed E-state index contributed by atoms with van der Waals surface area (Å²) in [5.74, 6) is -1.07. The Morgan fingerprint density at radius 2 is 2.43 bits per heavy atom. The van der Waals surface area contributed by atoms with Crippen LogP contribution in [0.2, 0.25) is 0 Å². The molecule has 0 aliphatic heterocycles. The van der Waals surface area contributed by atoms with Crippen molar-refractivity contribution in [2.75, 3.05) is 0 Å². The molecule has 0 bridgehead atoms. The molecule has 0 fully saturated rings. The Morgan fingerprint density at radius 3 is 3.00 bits per heavy atom. The molecule has 76 valence electrons. The van der Waals surface area contributed by atoms with Crippen LogP contribution in [0.4, 0.5) is 0 Å². The fraction of sp³-hybridized carbons (Fsp3) is 0.333. The minimum atomic E-state index is -1.07. The summed E-state index contributed by atoms with van der Waals surface area (Å²) in [4.78, 5) is 10.5. The Morgan fingerprint density at radius 1 is 1.71 bits per heavy atom. The van der Waals surface area contributed by atoms with E-state index in [2.05, 4.69) is 5.16 Å². The third-order valence-electron chi connectivity index (χ3n) is 1.90. The molecule has 1 unspecified atom stereocenters. The maximum Gasteiger partial charge on any atom is 0.321 e. The van der Waals surface area contributed by atoms with Crippen LogP contribution in [0.25, 0.3) is 0 Å². The third-order valence-corrected chi connectivity index (χ3v) is 2.24. The molecule has 1 aliphatic carbocycles. The van der Waals surface area contributed by atoms with E-state index in [4.69, 9.17) is 21.9 Å². The Bertz CT molecular complexity index is 320. The van der Waals surface area contributed by atoms with Crippen LogP contribution < -0.4 is 0 Å². The van der Waals surface area contributed by atoms with Crippen LogP contribution >= 0.6 is 11.6 Å². The van der Waals surface area contributed by atoms with Gasteiger partial charge in [0.15, 0.2) is 0 Å². The summed E-state index contributed by atoms with van der Waals surface area (Å²) in [5.41, 5.74) is 1.14. The summed E-state index contributed by atoms with van der Waals surface area (Å²) < 4.78 is 0. The SMILES string of the molecule is O=C(O)C(Cl)CC1=CC=CCC1=NO. The Hall–Kier alpha value is -1.29. The van der Waals surface area contributed by atoms with E-state index in [-0.39, 0.29) is 6.42 Å². The number of carbonyl (C=O) groups is 1. The van der Waals surface area contributed by atoms with Gasteiger partial charge < -0.3 is 10.3 Å². The first-order chi connectivity index (χ1) is 6.65. The molecule has 5 heteroatoms. The lowest BCUT2D eigenvalue weighted by Crippen LogP contribution is -2.17. The van der Waals surface area contributed by atoms with Crippen LogP contribution in [0.5, 0.6) is 0 Å². The molecule has 0 aromatic carbocycles. The van der Waals surface area contributed by atoms with E-state index in [0.717, 1.165) is 0 Å². The van der Waals surface area contributed by atoms with Gasteiger partial charge in [-0.1, -0.05) is 23.4 Å². The predicted octanol–water partition coefficient (Wildman–Crippen LogP) is 1.78. The van der Waals surface area contributed by atoms with Gasteiger partial charge in [0.1, 0.15) is 5.38 Å². The van der Waals surface area contributed by atoms with Crippen molar-refractivity contribution in [2.24, 2.45) is 5.16 Å². The predicted molar refractivity (Wildman–Crippen MR) is 53.0 cm³/mol. The van der Waals surface area contributed by atoms with Crippen LogP contribution in [0, 0.1) is 0 Å². The quantitative estimate of drug-likeness (QED) is 0.428. The molecule has 2 N–H and O–H groups in total. The minimum Gasteiger partial charge on any atom is -0.480 e. The smallest absolute Gasteiger partial charge is 0.321 e. The molecule has 0 aromatic heterocycles. The Labute approximate surface area is 86.2 Å². The number of hydrogen-bond acceptors (Lipinski definition) is 3. The third kappa shape index (κ3) is 2.60. The number of nitrogens with zero attached hydrogens (tertiary/aromatic N) is 1. The van der Waals surface area contributed by atoms with Crippen molar-refractivity contribution >= 4 is 23.3 Å². The summed E-state index contributed by atoms with van der Waals surface area (Å²) in [6.07, 6.45) is 5.99. The standard InChI is InChI=1S/C9H10ClNO3/c10-7(9(12)13)5-6-3-1-2-4-8(6)11-14/h1-3,7,14H,4-5H2,(H,12,13). The molecule has 0 heterocycles. The van der Waals surface area contributed by atoms with Crippen molar-refractivity contribution in [2.45, 2.75) is 18.2 Å². The van der Waals surface area contributed by atoms with Gasteiger partial charge in [-0.2, -0.15) is 0 Å². The summed E-state index contributed by atoms with van der Waals surface area (Å²) in [7, 11) is 0. The second-order valence-electron chi connectivity index (χ2n) is 2.88. The first-order valence-corrected chi connectivity index (χ1v) is 4.52. The monoisotopic (exact) mass is 215 g/mol. The average Bonchev–Trinajstić information content (AvgIpc) is 2.18. The van der Waals surface area contributed by atoms with E-state index in [1.807, 2.05) is 6.08 Å². The van der Waals surface area contributed by atoms with Crippen molar-refractivity contribution < 1.29 is 15.1 Å². The number of carboxylic acids is 1. The molecule has 0 spiro atoms. The lowest BCUT2D eigenvalue weighted by Gasteiger charge is -2.11. The van der Waals surface area contributed by atoms with E-state index in [1.54, 1.807) is 12.2 Å². The van der Waals surface area contributed by atoms with E-state index >= 15 is 0 Å². The number of hydrogen-bond donors (Lipinski definition) is 2. The fourth-order valence-corrected chi connectivity index (χ4v) is 1.33. The van der Waals surface area contributed by atoms with Crippen LogP contribution in [0.1, 0.15) is 12.8 Å². The second-order valence-corrected chi connectivity index (χ2v) is 3.41. The van der Waals surface area contributed by atoms with Gasteiger partial charge in [0.25, 0.3) is 0 Å². The molecule has 1 atom stereocenters. The van der Waals surface area contributed by atoms with Crippen LogP contribution in [0.3, 0.4) is 0 Å². The van der Waals surface area contributed by atoms with Crippen molar-refractivity contribution in [3.8, 4) is 0 Å². The highest BCUT2D eigenvalue weighted by molar-refractivity contribution is 6.30. The van der Waals surface area contributed by atoms with E-state index in [1.165, 1.54) is 0 Å². The van der Waals surface area contributed by atoms with Crippen molar-refractivity contribution in [3.05, 3.63) is 23.8 Å². The summed E-state index contributed by atoms with van der Waals surface area (Å²) in [6, 6.07) is 0. The van der Waals surface area contributed by atoms with Crippen LogP contribution in [-0.2, 0) is 4.79 Å². The maximum atomic E-state index is 10.5. The van der Waals surface area contributed by atoms with Gasteiger partial charge in [0.05, 0.1) is 5.71 Å². The molecule has 0 saturated carbocycles. The first kappa shape index (κ1) is 10.8. The largest absolute Gasteiger partial charge is 0.480 e. The van der Waals surface area contributed by atoms with Gasteiger partial charge in [-0.15, -0.1) is 11.6 Å². The molecule has 14 heavy (non-hydrogen) atoms. The summed E-state index contributed by atoms with van der Waals surface area (Å²) >= 11 is 5.57. The molecule has 0 radical (unpaired) electrons. The number of rotatable bonds is 3. The van der Waals surface area contributed by atoms with Gasteiger partial charge >= 0.3 is 5.97 Å². The Balaban J connectivity index is 2.71. The van der Waals surface area contributed by atoms with E-state index in [0.29, 0.717) is 17.7 Å². The normalized spacial score (nSPS) is 20.6. The molecule has 0 amide bonds. The summed E-state index contributed by atoms with van der Waals surface area (Å²) in [6.45, 7) is 0. The highest BCUT2D eigenvalue weighted by atomic mass is 35.5. The zero-order valence-electron chi connectivity index (χ0n) is 7.35. The number of oxime groups is 1. The molecule has 0 aromatic rings. The van der Waals surface area contributed by atoms with Gasteiger partial charge in [0, 0.05) is 12.8 Å². The van der Waals surface area contributed by atoms with E-state index in [9.17, 15) is 4.79 Å². The maximum absolute atomic E-state index is 10.5. The van der Waals surface area contributed by atoms with Gasteiger partial charge in [-0.25, -0.2) is 0 Å². The number of halogens is 1. The zero-order chi connectivity index (χ0) is 10.6. The summed E-state index contributed by atoms with van der Waals surface area (Å²) in [5, 5.41) is 19.3. The first-order valence-electron chi connectivity index (χ1n) is 4.09. The fourth-order valence-electron chi connectivity index (χ4n) is 1.16. The lowest BCUT2D eigenvalue weighted by atomic mass is 9.98. The zero-order valence-corrected chi connectivity index (χ0v) is 8.11. The molecule has 0 saturated heterocycles. The number of allylic oxidation sites excluding steroid dienone is 4. The average molecular weight is 216 g/mol. The van der Waals surface area contributed by atoms with Crippen molar-refractivity contribution in [3.63, 3.8) is 0 Å². The molecular weight excluding hydrogens is 206 g/mol. The molecule has 1 rings (SSSR count). The van der Waals surface area contributed by atoms with Gasteiger partial charge in [-0.3, -0.25) is 4.79 Å². The highest BCUT2D eigenvalue weighted by Crippen LogP contribution is 2.18. The van der Waals surface area contributed by atoms with E-state index < -0.39 is 11.3 Å². The minimum absolute atomic E-state index is 0.167. The molecule has 4 nitrogen and oxygen atoms in total. The van der Waals surface area contributed by atoms with Crippen molar-refractivity contribution in [1.29, 1.82) is 0 Å². The highest BCUT2D eigenvalue weighted by Gasteiger charge is 2.19. The topological polar surface area (TPSA) is 69.9 Å². The molecule has 1 aliphatic rings.